The maximum absolute atomic E-state index is 12.0. The third-order valence-corrected chi connectivity index (χ3v) is 7.12. The van der Waals surface area contributed by atoms with Crippen molar-refractivity contribution in [3.8, 4) is 0 Å². The Labute approximate surface area is 192 Å². The van der Waals surface area contributed by atoms with Crippen LogP contribution in [0.5, 0.6) is 0 Å². The molecule has 3 unspecified atom stereocenters. The summed E-state index contributed by atoms with van der Waals surface area (Å²) < 4.78 is 6.07. The van der Waals surface area contributed by atoms with Crippen LogP contribution in [0.1, 0.15) is 46.5 Å². The first kappa shape index (κ1) is 23.1. The van der Waals surface area contributed by atoms with Crippen molar-refractivity contribution in [2.24, 2.45) is 16.3 Å². The first-order valence-electron chi connectivity index (χ1n) is 11.2. The second-order valence-corrected chi connectivity index (χ2v) is 9.24. The maximum atomic E-state index is 12.0. The number of nitrogens with zero attached hydrogens (tertiary/aromatic N) is 3. The summed E-state index contributed by atoms with van der Waals surface area (Å²) in [6.45, 7) is 12.0. The highest BCUT2D eigenvalue weighted by atomic mass is 127. The molecule has 8 heteroatoms. The van der Waals surface area contributed by atoms with Gasteiger partial charge in [0.2, 0.25) is 5.91 Å². The minimum absolute atomic E-state index is 0. The number of fused-ring (bicyclic) bond motifs is 2. The number of nitrogens with one attached hydrogen (secondary N) is 2. The van der Waals surface area contributed by atoms with E-state index in [1.807, 2.05) is 13.8 Å². The standard InChI is InChI=1S/C21H37N5O2.HI/c1-4-22-20(24-18-16-6-13-28-19(16)21(18)7-5-8-21)26-11-9-25(10-12-26)14-17(27)23-15(2)3;/h15-16,18-19H,4-14H2,1-3H3,(H,22,24)(H,23,27);1H. The maximum Gasteiger partial charge on any atom is 0.234 e. The molecule has 29 heavy (non-hydrogen) atoms. The summed E-state index contributed by atoms with van der Waals surface area (Å²) in [4.78, 5) is 21.5. The van der Waals surface area contributed by atoms with Crippen LogP contribution < -0.4 is 10.6 Å². The number of halogens is 1. The van der Waals surface area contributed by atoms with E-state index >= 15 is 0 Å². The van der Waals surface area contributed by atoms with Gasteiger partial charge in [-0.1, -0.05) is 6.42 Å². The van der Waals surface area contributed by atoms with E-state index in [0.29, 0.717) is 30.0 Å². The van der Waals surface area contributed by atoms with Crippen molar-refractivity contribution in [1.29, 1.82) is 0 Å². The molecule has 2 aliphatic carbocycles. The van der Waals surface area contributed by atoms with Crippen molar-refractivity contribution in [2.75, 3.05) is 45.9 Å². The Balaban J connectivity index is 0.00000240. The molecule has 2 aliphatic heterocycles. The Morgan fingerprint density at radius 3 is 2.55 bits per heavy atom. The van der Waals surface area contributed by atoms with E-state index in [1.54, 1.807) is 0 Å². The van der Waals surface area contributed by atoms with E-state index in [9.17, 15) is 4.79 Å². The quantitative estimate of drug-likeness (QED) is 0.329. The average Bonchev–Trinajstić information content (AvgIpc) is 3.02. The number of piperazine rings is 1. The Hall–Kier alpha value is -0.610. The lowest BCUT2D eigenvalue weighted by molar-refractivity contribution is -0.171. The van der Waals surface area contributed by atoms with Crippen LogP contribution in [-0.4, -0.2) is 85.7 Å². The second kappa shape index (κ2) is 9.68. The van der Waals surface area contributed by atoms with Gasteiger partial charge in [-0.25, -0.2) is 0 Å². The van der Waals surface area contributed by atoms with Crippen molar-refractivity contribution < 1.29 is 9.53 Å². The molecular formula is C21H38IN5O2. The number of ether oxygens (including phenoxy) is 1. The average molecular weight is 519 g/mol. The highest BCUT2D eigenvalue weighted by molar-refractivity contribution is 14.0. The number of aliphatic imine (C=N–C) groups is 1. The number of rotatable bonds is 5. The van der Waals surface area contributed by atoms with E-state index in [4.69, 9.17) is 9.73 Å². The van der Waals surface area contributed by atoms with E-state index in [1.165, 1.54) is 25.7 Å². The van der Waals surface area contributed by atoms with Gasteiger partial charge in [0.05, 0.1) is 12.6 Å². The molecule has 1 amide bonds. The summed E-state index contributed by atoms with van der Waals surface area (Å²) in [5.41, 5.74) is 0.367. The molecule has 166 valence electrons. The van der Waals surface area contributed by atoms with Crippen LogP contribution in [0.2, 0.25) is 0 Å². The second-order valence-electron chi connectivity index (χ2n) is 9.24. The molecule has 4 rings (SSSR count). The molecule has 0 radical (unpaired) electrons. The third kappa shape index (κ3) is 4.54. The van der Waals surface area contributed by atoms with Gasteiger partial charge >= 0.3 is 0 Å². The summed E-state index contributed by atoms with van der Waals surface area (Å²) in [5.74, 6) is 1.84. The van der Waals surface area contributed by atoms with Crippen LogP contribution in [0, 0.1) is 11.3 Å². The van der Waals surface area contributed by atoms with Crippen LogP contribution >= 0.6 is 24.0 Å². The van der Waals surface area contributed by atoms with Gasteiger partial charge in [0.1, 0.15) is 0 Å². The molecule has 0 aromatic carbocycles. The van der Waals surface area contributed by atoms with Crippen molar-refractivity contribution in [1.82, 2.24) is 20.4 Å². The van der Waals surface area contributed by atoms with E-state index in [0.717, 1.165) is 45.3 Å². The van der Waals surface area contributed by atoms with Crippen LogP contribution in [-0.2, 0) is 9.53 Å². The molecule has 0 aromatic rings. The van der Waals surface area contributed by atoms with Gasteiger partial charge in [0.25, 0.3) is 0 Å². The largest absolute Gasteiger partial charge is 0.377 e. The molecule has 2 saturated heterocycles. The molecule has 4 aliphatic rings. The third-order valence-electron chi connectivity index (χ3n) is 7.12. The van der Waals surface area contributed by atoms with Crippen LogP contribution in [0.25, 0.3) is 0 Å². The van der Waals surface area contributed by atoms with Gasteiger partial charge in [-0.05, 0) is 40.0 Å². The number of hydrogen-bond acceptors (Lipinski definition) is 4. The predicted molar refractivity (Wildman–Crippen MR) is 126 cm³/mol. The Bertz CT molecular complexity index is 602. The molecule has 2 N–H and O–H groups in total. The highest BCUT2D eigenvalue weighted by Gasteiger charge is 2.66. The zero-order valence-corrected chi connectivity index (χ0v) is 20.5. The summed E-state index contributed by atoms with van der Waals surface area (Å²) in [7, 11) is 0. The summed E-state index contributed by atoms with van der Waals surface area (Å²) in [6.07, 6.45) is 5.59. The van der Waals surface area contributed by atoms with Crippen LogP contribution in [0.3, 0.4) is 0 Å². The minimum Gasteiger partial charge on any atom is -0.377 e. The first-order valence-corrected chi connectivity index (χ1v) is 11.2. The summed E-state index contributed by atoms with van der Waals surface area (Å²) in [5, 5.41) is 6.85. The smallest absolute Gasteiger partial charge is 0.234 e. The van der Waals surface area contributed by atoms with Crippen molar-refractivity contribution in [3.63, 3.8) is 0 Å². The number of guanidine groups is 1. The van der Waals surface area contributed by atoms with Crippen molar-refractivity contribution in [2.45, 2.75) is 64.6 Å². The van der Waals surface area contributed by atoms with Crippen molar-refractivity contribution >= 4 is 35.8 Å². The molecule has 2 heterocycles. The molecule has 7 nitrogen and oxygen atoms in total. The van der Waals surface area contributed by atoms with Gasteiger partial charge < -0.3 is 20.3 Å². The lowest BCUT2D eigenvalue weighted by atomic mass is 9.46. The fourth-order valence-electron chi connectivity index (χ4n) is 5.67. The molecule has 0 bridgehead atoms. The number of amides is 1. The summed E-state index contributed by atoms with van der Waals surface area (Å²) in [6, 6.07) is 0.722. The SMILES string of the molecule is CCN=C(NC1C2CCOC2C12CCC2)N1CCN(CC(=O)NC(C)C)CC1.I. The van der Waals surface area contributed by atoms with Gasteiger partial charge in [0, 0.05) is 62.7 Å². The van der Waals surface area contributed by atoms with Gasteiger partial charge in [-0.3, -0.25) is 14.7 Å². The summed E-state index contributed by atoms with van der Waals surface area (Å²) >= 11 is 0. The monoisotopic (exact) mass is 519 g/mol. The molecule has 4 fully saturated rings. The number of hydrogen-bond donors (Lipinski definition) is 2. The van der Waals surface area contributed by atoms with E-state index in [2.05, 4.69) is 27.4 Å². The van der Waals surface area contributed by atoms with E-state index < -0.39 is 0 Å². The van der Waals surface area contributed by atoms with E-state index in [-0.39, 0.29) is 35.9 Å². The molecule has 0 aromatic heterocycles. The van der Waals surface area contributed by atoms with Crippen LogP contribution in [0.4, 0.5) is 0 Å². The molecule has 1 spiro atoms. The Morgan fingerprint density at radius 1 is 1.24 bits per heavy atom. The minimum atomic E-state index is 0. The molecular weight excluding hydrogens is 481 g/mol. The van der Waals surface area contributed by atoms with Gasteiger partial charge in [-0.15, -0.1) is 24.0 Å². The normalized spacial score (nSPS) is 31.0. The lowest BCUT2D eigenvalue weighted by Gasteiger charge is -2.63. The Morgan fingerprint density at radius 2 is 1.97 bits per heavy atom. The fourth-order valence-corrected chi connectivity index (χ4v) is 5.67. The first-order chi connectivity index (χ1) is 13.5. The number of carbonyl (C=O) groups excluding carboxylic acids is 1. The lowest BCUT2D eigenvalue weighted by Crippen LogP contribution is -2.73. The van der Waals surface area contributed by atoms with Gasteiger partial charge in [-0.2, -0.15) is 0 Å². The number of carbonyl (C=O) groups is 1. The Kier molecular flexibility index (Phi) is 7.70. The highest BCUT2D eigenvalue weighted by Crippen LogP contribution is 2.62. The molecule has 2 saturated carbocycles. The predicted octanol–water partition coefficient (Wildman–Crippen LogP) is 1.67. The van der Waals surface area contributed by atoms with Crippen molar-refractivity contribution in [3.05, 3.63) is 0 Å². The fraction of sp³-hybridized carbons (Fsp3) is 0.905. The zero-order chi connectivity index (χ0) is 19.7. The van der Waals surface area contributed by atoms with Gasteiger partial charge in [0.15, 0.2) is 5.96 Å². The topological polar surface area (TPSA) is 69.2 Å². The zero-order valence-electron chi connectivity index (χ0n) is 18.2. The van der Waals surface area contributed by atoms with Crippen LogP contribution in [0.15, 0.2) is 4.99 Å². The molecule has 3 atom stereocenters.